The SMILES string of the molecule is N#Cc1c(-c2ccccc2)nc(NN=Cc2ccc(OCCCCN3CCOCC3)cc2)[nH]c1=O. The van der Waals surface area contributed by atoms with Crippen LogP contribution in [0.4, 0.5) is 5.95 Å². The van der Waals surface area contributed by atoms with Crippen molar-refractivity contribution in [3.63, 3.8) is 0 Å². The number of hydrazone groups is 1. The van der Waals surface area contributed by atoms with Gasteiger partial charge < -0.3 is 9.47 Å². The fourth-order valence-corrected chi connectivity index (χ4v) is 3.71. The third kappa shape index (κ3) is 6.99. The zero-order valence-corrected chi connectivity index (χ0v) is 19.4. The molecule has 180 valence electrons. The largest absolute Gasteiger partial charge is 0.494 e. The molecule has 0 atom stereocenters. The van der Waals surface area contributed by atoms with E-state index in [9.17, 15) is 10.1 Å². The lowest BCUT2D eigenvalue weighted by atomic mass is 10.1. The smallest absolute Gasteiger partial charge is 0.270 e. The van der Waals surface area contributed by atoms with Crippen LogP contribution in [0.1, 0.15) is 24.0 Å². The molecule has 1 saturated heterocycles. The molecule has 1 aromatic heterocycles. The van der Waals surface area contributed by atoms with E-state index in [1.165, 1.54) is 0 Å². The predicted molar refractivity (Wildman–Crippen MR) is 135 cm³/mol. The second-order valence-corrected chi connectivity index (χ2v) is 8.06. The van der Waals surface area contributed by atoms with E-state index in [0.29, 0.717) is 17.9 Å². The lowest BCUT2D eigenvalue weighted by Gasteiger charge is -2.26. The number of hydrogen-bond acceptors (Lipinski definition) is 8. The van der Waals surface area contributed by atoms with Crippen LogP contribution in [0, 0.1) is 11.3 Å². The first kappa shape index (κ1) is 24.1. The second kappa shape index (κ2) is 12.5. The minimum Gasteiger partial charge on any atom is -0.494 e. The van der Waals surface area contributed by atoms with Crippen LogP contribution in [-0.4, -0.2) is 60.5 Å². The molecule has 4 rings (SSSR count). The van der Waals surface area contributed by atoms with Crippen molar-refractivity contribution in [1.29, 1.82) is 5.26 Å². The molecule has 1 fully saturated rings. The van der Waals surface area contributed by atoms with Crippen LogP contribution in [0.2, 0.25) is 0 Å². The molecule has 0 unspecified atom stereocenters. The minimum atomic E-state index is -0.523. The standard InChI is InChI=1S/C26H28N6O3/c27-18-23-24(21-6-2-1-3-7-21)29-26(30-25(23)33)31-28-19-20-8-10-22(11-9-20)35-15-5-4-12-32-13-16-34-17-14-32/h1-3,6-11,19H,4-5,12-17H2,(H2,29,30,31,33). The van der Waals surface area contributed by atoms with Crippen molar-refractivity contribution in [2.45, 2.75) is 12.8 Å². The predicted octanol–water partition coefficient (Wildman–Crippen LogP) is 3.25. The summed E-state index contributed by atoms with van der Waals surface area (Å²) in [4.78, 5) is 21.7. The van der Waals surface area contributed by atoms with Crippen molar-refractivity contribution in [3.8, 4) is 23.1 Å². The van der Waals surface area contributed by atoms with E-state index in [-0.39, 0.29) is 11.5 Å². The van der Waals surface area contributed by atoms with Gasteiger partial charge in [0.2, 0.25) is 5.95 Å². The molecule has 0 aliphatic carbocycles. The first-order valence-corrected chi connectivity index (χ1v) is 11.6. The number of anilines is 1. The summed E-state index contributed by atoms with van der Waals surface area (Å²) in [6, 6.07) is 18.6. The Hall–Kier alpha value is -4.00. The molecular formula is C26H28N6O3. The van der Waals surface area contributed by atoms with Gasteiger partial charge in [-0.2, -0.15) is 10.4 Å². The monoisotopic (exact) mass is 472 g/mol. The average Bonchev–Trinajstić information content (AvgIpc) is 2.90. The molecule has 1 aliphatic heterocycles. The van der Waals surface area contributed by atoms with Crippen LogP contribution < -0.4 is 15.7 Å². The minimum absolute atomic E-state index is 0.0394. The van der Waals surface area contributed by atoms with Crippen molar-refractivity contribution >= 4 is 12.2 Å². The van der Waals surface area contributed by atoms with Crippen molar-refractivity contribution < 1.29 is 9.47 Å². The number of nitrogens with one attached hydrogen (secondary N) is 2. The quantitative estimate of drug-likeness (QED) is 0.264. The number of hydrogen-bond donors (Lipinski definition) is 2. The van der Waals surface area contributed by atoms with E-state index in [0.717, 1.165) is 57.0 Å². The number of ether oxygens (including phenoxy) is 2. The Kier molecular flexibility index (Phi) is 8.59. The summed E-state index contributed by atoms with van der Waals surface area (Å²) in [5.41, 5.74) is 4.02. The average molecular weight is 473 g/mol. The normalized spacial score (nSPS) is 14.0. The molecule has 2 N–H and O–H groups in total. The highest BCUT2D eigenvalue weighted by atomic mass is 16.5. The molecule has 0 radical (unpaired) electrons. The third-order valence-corrected chi connectivity index (χ3v) is 5.58. The number of unbranched alkanes of at least 4 members (excludes halogenated alkanes) is 1. The molecule has 0 spiro atoms. The maximum absolute atomic E-state index is 12.3. The summed E-state index contributed by atoms with van der Waals surface area (Å²) < 4.78 is 11.2. The maximum atomic E-state index is 12.3. The summed E-state index contributed by atoms with van der Waals surface area (Å²) in [5, 5.41) is 13.5. The van der Waals surface area contributed by atoms with Crippen LogP contribution in [0.5, 0.6) is 5.75 Å². The van der Waals surface area contributed by atoms with E-state index >= 15 is 0 Å². The topological polar surface area (TPSA) is 116 Å². The van der Waals surface area contributed by atoms with Gasteiger partial charge in [0.05, 0.1) is 31.7 Å². The molecule has 1 aliphatic rings. The van der Waals surface area contributed by atoms with Gasteiger partial charge in [0.15, 0.2) is 0 Å². The molecule has 3 aromatic rings. The van der Waals surface area contributed by atoms with Gasteiger partial charge in [0.25, 0.3) is 5.56 Å². The summed E-state index contributed by atoms with van der Waals surface area (Å²) in [6.07, 6.45) is 3.73. The summed E-state index contributed by atoms with van der Waals surface area (Å²) in [6.45, 7) is 5.47. The summed E-state index contributed by atoms with van der Waals surface area (Å²) in [7, 11) is 0. The Balaban J connectivity index is 1.27. The van der Waals surface area contributed by atoms with Crippen LogP contribution in [0.25, 0.3) is 11.3 Å². The van der Waals surface area contributed by atoms with Gasteiger partial charge in [-0.25, -0.2) is 10.4 Å². The van der Waals surface area contributed by atoms with Gasteiger partial charge in [-0.1, -0.05) is 30.3 Å². The fourth-order valence-electron chi connectivity index (χ4n) is 3.71. The highest BCUT2D eigenvalue weighted by molar-refractivity contribution is 5.80. The highest BCUT2D eigenvalue weighted by Gasteiger charge is 2.13. The van der Waals surface area contributed by atoms with E-state index in [1.54, 1.807) is 18.3 Å². The van der Waals surface area contributed by atoms with Crippen LogP contribution >= 0.6 is 0 Å². The molecule has 9 nitrogen and oxygen atoms in total. The summed E-state index contributed by atoms with van der Waals surface area (Å²) in [5.74, 6) is 0.966. The molecular weight excluding hydrogens is 444 g/mol. The Morgan fingerprint density at radius 3 is 2.66 bits per heavy atom. The van der Waals surface area contributed by atoms with Gasteiger partial charge >= 0.3 is 0 Å². The number of benzene rings is 2. The zero-order valence-electron chi connectivity index (χ0n) is 19.4. The lowest BCUT2D eigenvalue weighted by Crippen LogP contribution is -2.36. The van der Waals surface area contributed by atoms with Gasteiger partial charge in [-0.15, -0.1) is 0 Å². The molecule has 0 amide bonds. The number of rotatable bonds is 10. The van der Waals surface area contributed by atoms with Crippen molar-refractivity contribution in [1.82, 2.24) is 14.9 Å². The van der Waals surface area contributed by atoms with Crippen molar-refractivity contribution in [2.24, 2.45) is 5.10 Å². The Labute approximate surface area is 204 Å². The molecule has 0 saturated carbocycles. The number of H-pyrrole nitrogens is 1. The first-order valence-electron chi connectivity index (χ1n) is 11.6. The Bertz CT molecular complexity index is 1210. The highest BCUT2D eigenvalue weighted by Crippen LogP contribution is 2.19. The number of nitrogens with zero attached hydrogens (tertiary/aromatic N) is 4. The van der Waals surface area contributed by atoms with Gasteiger partial charge in [0, 0.05) is 18.7 Å². The van der Waals surface area contributed by atoms with E-state index < -0.39 is 5.56 Å². The van der Waals surface area contributed by atoms with E-state index in [4.69, 9.17) is 9.47 Å². The van der Waals surface area contributed by atoms with Crippen LogP contribution in [0.3, 0.4) is 0 Å². The van der Waals surface area contributed by atoms with Crippen molar-refractivity contribution in [3.05, 3.63) is 76.1 Å². The molecule has 2 heterocycles. The number of morpholine rings is 1. The first-order chi connectivity index (χ1) is 17.2. The second-order valence-electron chi connectivity index (χ2n) is 8.06. The third-order valence-electron chi connectivity index (χ3n) is 5.58. The fraction of sp³-hybridized carbons (Fsp3) is 0.308. The Morgan fingerprint density at radius 2 is 1.91 bits per heavy atom. The number of nitriles is 1. The molecule has 0 bridgehead atoms. The Morgan fingerprint density at radius 1 is 1.14 bits per heavy atom. The maximum Gasteiger partial charge on any atom is 0.270 e. The molecule has 2 aromatic carbocycles. The summed E-state index contributed by atoms with van der Waals surface area (Å²) >= 11 is 0. The van der Waals surface area contributed by atoms with Crippen LogP contribution in [0.15, 0.2) is 64.5 Å². The van der Waals surface area contributed by atoms with E-state index in [1.807, 2.05) is 48.5 Å². The number of aromatic amines is 1. The lowest BCUT2D eigenvalue weighted by molar-refractivity contribution is 0.0368. The van der Waals surface area contributed by atoms with Gasteiger partial charge in [-0.05, 0) is 49.2 Å². The van der Waals surface area contributed by atoms with Gasteiger partial charge in [-0.3, -0.25) is 14.7 Å². The van der Waals surface area contributed by atoms with Gasteiger partial charge in [0.1, 0.15) is 17.4 Å². The number of aromatic nitrogens is 2. The molecule has 9 heteroatoms. The zero-order chi connectivity index (χ0) is 24.3. The molecule has 35 heavy (non-hydrogen) atoms. The van der Waals surface area contributed by atoms with E-state index in [2.05, 4.69) is 25.4 Å². The van der Waals surface area contributed by atoms with Crippen molar-refractivity contribution in [2.75, 3.05) is 44.9 Å². The van der Waals surface area contributed by atoms with Crippen LogP contribution in [-0.2, 0) is 4.74 Å².